The van der Waals surface area contributed by atoms with Gasteiger partial charge in [-0.15, -0.1) is 0 Å². The minimum Gasteiger partial charge on any atom is -0.481 e. The van der Waals surface area contributed by atoms with Gasteiger partial charge in [-0.25, -0.2) is 4.39 Å². The van der Waals surface area contributed by atoms with Crippen molar-refractivity contribution in [3.63, 3.8) is 0 Å². The molecule has 0 saturated carbocycles. The summed E-state index contributed by atoms with van der Waals surface area (Å²) < 4.78 is 13.9. The van der Waals surface area contributed by atoms with E-state index in [1.807, 2.05) is 12.1 Å². The van der Waals surface area contributed by atoms with E-state index in [2.05, 4.69) is 0 Å². The van der Waals surface area contributed by atoms with Gasteiger partial charge in [0.05, 0.1) is 5.41 Å². The Morgan fingerprint density at radius 3 is 2.50 bits per heavy atom. The molecule has 2 aromatic carbocycles. The van der Waals surface area contributed by atoms with Crippen LogP contribution >= 0.6 is 11.6 Å². The zero-order chi connectivity index (χ0) is 19.3. The van der Waals surface area contributed by atoms with E-state index in [9.17, 15) is 14.3 Å². The molecule has 140 valence electrons. The van der Waals surface area contributed by atoms with E-state index >= 15 is 0 Å². The minimum absolute atomic E-state index is 0.156. The highest BCUT2D eigenvalue weighted by atomic mass is 35.5. The quantitative estimate of drug-likeness (QED) is 0.650. The summed E-state index contributed by atoms with van der Waals surface area (Å²) in [5.41, 5.74) is 7.14. The molecule has 2 rings (SSSR count). The molecule has 0 radical (unpaired) electrons. The van der Waals surface area contributed by atoms with E-state index in [0.29, 0.717) is 22.6 Å². The van der Waals surface area contributed by atoms with Crippen molar-refractivity contribution in [3.05, 3.63) is 58.9 Å². The number of aliphatic hydroxyl groups excluding tert-OH is 1. The van der Waals surface area contributed by atoms with Crippen LogP contribution in [0.25, 0.3) is 11.1 Å². The van der Waals surface area contributed by atoms with Gasteiger partial charge in [-0.05, 0) is 55.5 Å². The first-order valence-corrected chi connectivity index (χ1v) is 8.77. The highest BCUT2D eigenvalue weighted by molar-refractivity contribution is 6.30. The molecule has 6 heteroatoms. The maximum absolute atomic E-state index is 13.9. The zero-order valence-electron chi connectivity index (χ0n) is 14.6. The average Bonchev–Trinajstić information content (AvgIpc) is 2.57. The van der Waals surface area contributed by atoms with Crippen LogP contribution in [-0.4, -0.2) is 28.8 Å². The lowest BCUT2D eigenvalue weighted by atomic mass is 9.79. The fourth-order valence-electron chi connectivity index (χ4n) is 3.04. The van der Waals surface area contributed by atoms with Crippen molar-refractivity contribution in [2.45, 2.75) is 32.2 Å². The van der Waals surface area contributed by atoms with Gasteiger partial charge >= 0.3 is 5.97 Å². The number of carboxylic acid groups (broad SMARTS) is 1. The van der Waals surface area contributed by atoms with Gasteiger partial charge < -0.3 is 15.9 Å². The minimum atomic E-state index is -1.06. The molecule has 1 unspecified atom stereocenters. The summed E-state index contributed by atoms with van der Waals surface area (Å²) in [6.07, 6.45) is 0.906. The molecule has 0 heterocycles. The van der Waals surface area contributed by atoms with Crippen molar-refractivity contribution in [2.24, 2.45) is 11.1 Å². The Balaban J connectivity index is 2.09. The monoisotopic (exact) mass is 379 g/mol. The third-order valence-corrected chi connectivity index (χ3v) is 4.82. The van der Waals surface area contributed by atoms with Crippen LogP contribution in [0, 0.1) is 11.2 Å². The molecular weight excluding hydrogens is 357 g/mol. The maximum atomic E-state index is 13.9. The summed E-state index contributed by atoms with van der Waals surface area (Å²) in [5, 5.41) is 18.9. The zero-order valence-corrected chi connectivity index (χ0v) is 15.3. The lowest BCUT2D eigenvalue weighted by Gasteiger charge is -2.27. The second-order valence-electron chi connectivity index (χ2n) is 6.83. The number of aliphatic carboxylic acids is 1. The van der Waals surface area contributed by atoms with Crippen LogP contribution in [0.3, 0.4) is 0 Å². The molecule has 0 saturated heterocycles. The lowest BCUT2D eigenvalue weighted by molar-refractivity contribution is -0.149. The number of nitrogens with two attached hydrogens (primary N) is 1. The summed E-state index contributed by atoms with van der Waals surface area (Å²) >= 11 is 5.93. The number of hydrogen-bond acceptors (Lipinski definition) is 3. The molecule has 0 aromatic heterocycles. The topological polar surface area (TPSA) is 83.5 Å². The molecular formula is C20H23ClFNO3. The molecule has 4 N–H and O–H groups in total. The predicted molar refractivity (Wildman–Crippen MR) is 101 cm³/mol. The van der Waals surface area contributed by atoms with Crippen LogP contribution in [0.1, 0.15) is 25.3 Å². The van der Waals surface area contributed by atoms with Crippen LogP contribution in [0.2, 0.25) is 5.02 Å². The van der Waals surface area contributed by atoms with Crippen molar-refractivity contribution >= 4 is 17.6 Å². The number of hydrogen-bond donors (Lipinski definition) is 3. The third kappa shape index (κ3) is 5.04. The van der Waals surface area contributed by atoms with Crippen molar-refractivity contribution in [2.75, 3.05) is 6.61 Å². The van der Waals surface area contributed by atoms with Crippen LogP contribution in [0.15, 0.2) is 42.5 Å². The normalized spacial score (nSPS) is 14.7. The number of rotatable bonds is 8. The van der Waals surface area contributed by atoms with Gasteiger partial charge in [0.2, 0.25) is 0 Å². The van der Waals surface area contributed by atoms with E-state index in [4.69, 9.17) is 22.4 Å². The Morgan fingerprint density at radius 1 is 1.27 bits per heavy atom. The molecule has 0 aliphatic heterocycles. The lowest BCUT2D eigenvalue weighted by Crippen LogP contribution is -2.37. The fourth-order valence-corrected chi connectivity index (χ4v) is 3.21. The maximum Gasteiger partial charge on any atom is 0.309 e. The van der Waals surface area contributed by atoms with E-state index in [-0.39, 0.29) is 31.3 Å². The summed E-state index contributed by atoms with van der Waals surface area (Å²) in [7, 11) is 0. The third-order valence-electron chi connectivity index (χ3n) is 4.58. The molecule has 26 heavy (non-hydrogen) atoms. The Labute approximate surface area is 157 Å². The first-order valence-electron chi connectivity index (χ1n) is 8.39. The van der Waals surface area contributed by atoms with Gasteiger partial charge in [0.1, 0.15) is 5.82 Å². The average molecular weight is 380 g/mol. The first kappa shape index (κ1) is 20.4. The van der Waals surface area contributed by atoms with E-state index in [1.165, 1.54) is 12.1 Å². The molecule has 0 bridgehead atoms. The molecule has 0 spiro atoms. The van der Waals surface area contributed by atoms with Crippen LogP contribution in [-0.2, 0) is 11.2 Å². The second-order valence-corrected chi connectivity index (χ2v) is 7.27. The van der Waals surface area contributed by atoms with Crippen LogP contribution in [0.5, 0.6) is 0 Å². The largest absolute Gasteiger partial charge is 0.481 e. The summed E-state index contributed by atoms with van der Waals surface area (Å²) in [6.45, 7) is 1.39. The Hall–Kier alpha value is -1.95. The standard InChI is InChI=1S/C20H23ClFNO3/c1-20(8-9-24,19(25)26)12-16(23)10-13-2-4-14(5-3-13)17-11-15(21)6-7-18(17)22/h2-7,11,16,24H,8-10,12,23H2,1H3,(H,25,26)/t16-,20?/m1/s1. The highest BCUT2D eigenvalue weighted by Gasteiger charge is 2.34. The van der Waals surface area contributed by atoms with Gasteiger partial charge in [0, 0.05) is 23.2 Å². The smallest absolute Gasteiger partial charge is 0.309 e. The molecule has 2 aromatic rings. The number of carbonyl (C=O) groups is 1. The molecule has 4 nitrogen and oxygen atoms in total. The Bertz CT molecular complexity index is 766. The van der Waals surface area contributed by atoms with Crippen molar-refractivity contribution in [3.8, 4) is 11.1 Å². The fraction of sp³-hybridized carbons (Fsp3) is 0.350. The van der Waals surface area contributed by atoms with Crippen LogP contribution < -0.4 is 5.73 Å². The van der Waals surface area contributed by atoms with Crippen molar-refractivity contribution in [1.82, 2.24) is 0 Å². The van der Waals surface area contributed by atoms with E-state index in [0.717, 1.165) is 5.56 Å². The number of benzene rings is 2. The van der Waals surface area contributed by atoms with Gasteiger partial charge in [0.25, 0.3) is 0 Å². The molecule has 0 amide bonds. The van der Waals surface area contributed by atoms with Gasteiger partial charge in [-0.2, -0.15) is 0 Å². The summed E-state index contributed by atoms with van der Waals surface area (Å²) in [6, 6.07) is 11.3. The van der Waals surface area contributed by atoms with Crippen LogP contribution in [0.4, 0.5) is 4.39 Å². The first-order chi connectivity index (χ1) is 12.2. The van der Waals surface area contributed by atoms with Gasteiger partial charge in [-0.3, -0.25) is 4.79 Å². The number of carboxylic acids is 1. The number of aliphatic hydroxyl groups is 1. The molecule has 0 aliphatic rings. The van der Waals surface area contributed by atoms with E-state index < -0.39 is 11.4 Å². The molecule has 0 fully saturated rings. The predicted octanol–water partition coefficient (Wildman–Crippen LogP) is 3.88. The Morgan fingerprint density at radius 2 is 1.92 bits per heavy atom. The molecule has 2 atom stereocenters. The SMILES string of the molecule is CC(CCO)(C[C@H](N)Cc1ccc(-c2cc(Cl)ccc2F)cc1)C(=O)O. The second kappa shape index (κ2) is 8.62. The van der Waals surface area contributed by atoms with Crippen molar-refractivity contribution in [1.29, 1.82) is 0 Å². The summed E-state index contributed by atoms with van der Waals surface area (Å²) in [4.78, 5) is 11.4. The van der Waals surface area contributed by atoms with Gasteiger partial charge in [-0.1, -0.05) is 35.9 Å². The van der Waals surface area contributed by atoms with Crippen molar-refractivity contribution < 1.29 is 19.4 Å². The number of halogens is 2. The molecule has 0 aliphatic carbocycles. The highest BCUT2D eigenvalue weighted by Crippen LogP contribution is 2.29. The van der Waals surface area contributed by atoms with Gasteiger partial charge in [0.15, 0.2) is 0 Å². The van der Waals surface area contributed by atoms with E-state index in [1.54, 1.807) is 25.1 Å². The Kier molecular flexibility index (Phi) is 6.75. The summed E-state index contributed by atoms with van der Waals surface area (Å²) in [5.74, 6) is -1.31.